The minimum absolute atomic E-state index is 0.110. The Morgan fingerprint density at radius 3 is 1.31 bits per heavy atom. The van der Waals surface area contributed by atoms with Crippen LogP contribution in [-0.4, -0.2) is 11.2 Å². The van der Waals surface area contributed by atoms with Crippen molar-refractivity contribution in [2.75, 3.05) is 0 Å². The molecule has 78 valence electrons. The molecule has 0 aromatic rings. The highest BCUT2D eigenvalue weighted by Crippen LogP contribution is 2.45. The molecule has 1 saturated heterocycles. The SMILES string of the molecule is CC(C)[C@@]1(C)CC[C@@](C)(C(C)C)O1. The minimum atomic E-state index is 0.110. The second-order valence-electron chi connectivity index (χ2n) is 5.54. The first-order chi connectivity index (χ1) is 5.80. The van der Waals surface area contributed by atoms with Gasteiger partial charge >= 0.3 is 0 Å². The van der Waals surface area contributed by atoms with Crippen LogP contribution in [0.4, 0.5) is 0 Å². The number of hydrogen-bond donors (Lipinski definition) is 0. The van der Waals surface area contributed by atoms with E-state index in [1.54, 1.807) is 0 Å². The normalized spacial score (nSPS) is 40.6. The zero-order valence-electron chi connectivity index (χ0n) is 9.98. The van der Waals surface area contributed by atoms with Crippen LogP contribution in [0.15, 0.2) is 0 Å². The zero-order valence-corrected chi connectivity index (χ0v) is 9.98. The topological polar surface area (TPSA) is 9.23 Å². The molecular formula is C12H24O. The lowest BCUT2D eigenvalue weighted by atomic mass is 9.86. The van der Waals surface area contributed by atoms with Crippen LogP contribution in [0, 0.1) is 11.8 Å². The van der Waals surface area contributed by atoms with Crippen molar-refractivity contribution in [3.8, 4) is 0 Å². The molecule has 0 aromatic heterocycles. The van der Waals surface area contributed by atoms with Crippen molar-refractivity contribution in [1.82, 2.24) is 0 Å². The lowest BCUT2D eigenvalue weighted by molar-refractivity contribution is -0.127. The Morgan fingerprint density at radius 1 is 0.846 bits per heavy atom. The number of rotatable bonds is 2. The monoisotopic (exact) mass is 184 g/mol. The number of hydrogen-bond acceptors (Lipinski definition) is 1. The maximum atomic E-state index is 6.26. The van der Waals surface area contributed by atoms with Crippen molar-refractivity contribution in [1.29, 1.82) is 0 Å². The van der Waals surface area contributed by atoms with Gasteiger partial charge in [0.1, 0.15) is 0 Å². The van der Waals surface area contributed by atoms with Gasteiger partial charge in [-0.25, -0.2) is 0 Å². The third kappa shape index (κ3) is 1.90. The van der Waals surface area contributed by atoms with Crippen LogP contribution < -0.4 is 0 Å². The third-order valence-electron chi connectivity index (χ3n) is 4.03. The summed E-state index contributed by atoms with van der Waals surface area (Å²) < 4.78 is 6.26. The Hall–Kier alpha value is -0.0400. The fourth-order valence-corrected chi connectivity index (χ4v) is 1.94. The molecule has 0 aliphatic carbocycles. The average Bonchev–Trinajstić information content (AvgIpc) is 2.30. The van der Waals surface area contributed by atoms with Crippen molar-refractivity contribution in [2.45, 2.75) is 65.6 Å². The van der Waals surface area contributed by atoms with E-state index in [0.717, 1.165) is 0 Å². The quantitative estimate of drug-likeness (QED) is 0.637. The van der Waals surface area contributed by atoms with Crippen molar-refractivity contribution in [2.24, 2.45) is 11.8 Å². The molecule has 0 spiro atoms. The van der Waals surface area contributed by atoms with Crippen LogP contribution in [0.3, 0.4) is 0 Å². The van der Waals surface area contributed by atoms with E-state index in [1.165, 1.54) is 12.8 Å². The van der Waals surface area contributed by atoms with E-state index >= 15 is 0 Å². The van der Waals surface area contributed by atoms with Gasteiger partial charge in [0.15, 0.2) is 0 Å². The van der Waals surface area contributed by atoms with Crippen molar-refractivity contribution >= 4 is 0 Å². The molecule has 1 heteroatoms. The third-order valence-corrected chi connectivity index (χ3v) is 4.03. The van der Waals surface area contributed by atoms with E-state index < -0.39 is 0 Å². The fraction of sp³-hybridized carbons (Fsp3) is 1.00. The summed E-state index contributed by atoms with van der Waals surface area (Å²) >= 11 is 0. The molecule has 1 aliphatic heterocycles. The summed E-state index contributed by atoms with van der Waals surface area (Å²) in [6.45, 7) is 13.5. The Kier molecular flexibility index (Phi) is 2.78. The molecule has 1 heterocycles. The number of ether oxygens (including phenoxy) is 1. The van der Waals surface area contributed by atoms with E-state index in [0.29, 0.717) is 11.8 Å². The first-order valence-corrected chi connectivity index (χ1v) is 5.50. The van der Waals surface area contributed by atoms with Crippen LogP contribution in [0.25, 0.3) is 0 Å². The Morgan fingerprint density at radius 2 is 1.15 bits per heavy atom. The first-order valence-electron chi connectivity index (χ1n) is 5.50. The largest absolute Gasteiger partial charge is 0.369 e. The lowest BCUT2D eigenvalue weighted by Crippen LogP contribution is -2.38. The molecular weight excluding hydrogens is 160 g/mol. The lowest BCUT2D eigenvalue weighted by Gasteiger charge is -2.35. The molecule has 0 unspecified atom stereocenters. The minimum Gasteiger partial charge on any atom is -0.369 e. The molecule has 0 aromatic carbocycles. The molecule has 1 nitrogen and oxygen atoms in total. The molecule has 0 radical (unpaired) electrons. The predicted molar refractivity (Wildman–Crippen MR) is 56.8 cm³/mol. The average molecular weight is 184 g/mol. The van der Waals surface area contributed by atoms with Gasteiger partial charge in [0, 0.05) is 0 Å². The van der Waals surface area contributed by atoms with E-state index in [-0.39, 0.29) is 11.2 Å². The molecule has 1 rings (SSSR count). The van der Waals surface area contributed by atoms with E-state index in [2.05, 4.69) is 41.5 Å². The van der Waals surface area contributed by atoms with Crippen LogP contribution in [0.5, 0.6) is 0 Å². The van der Waals surface area contributed by atoms with Crippen LogP contribution in [0.2, 0.25) is 0 Å². The van der Waals surface area contributed by atoms with Gasteiger partial charge in [0.25, 0.3) is 0 Å². The smallest absolute Gasteiger partial charge is 0.0685 e. The van der Waals surface area contributed by atoms with Crippen LogP contribution >= 0.6 is 0 Å². The van der Waals surface area contributed by atoms with E-state index in [9.17, 15) is 0 Å². The van der Waals surface area contributed by atoms with Gasteiger partial charge in [-0.15, -0.1) is 0 Å². The van der Waals surface area contributed by atoms with Gasteiger partial charge in [-0.05, 0) is 38.5 Å². The maximum Gasteiger partial charge on any atom is 0.0685 e. The van der Waals surface area contributed by atoms with Gasteiger partial charge < -0.3 is 4.74 Å². The fourth-order valence-electron chi connectivity index (χ4n) is 1.94. The second kappa shape index (κ2) is 3.27. The maximum absolute atomic E-state index is 6.26. The molecule has 0 N–H and O–H groups in total. The summed E-state index contributed by atoms with van der Waals surface area (Å²) in [6, 6.07) is 0. The summed E-state index contributed by atoms with van der Waals surface area (Å²) in [5.41, 5.74) is 0.220. The summed E-state index contributed by atoms with van der Waals surface area (Å²) in [7, 11) is 0. The van der Waals surface area contributed by atoms with E-state index in [1.807, 2.05) is 0 Å². The molecule has 0 bridgehead atoms. The predicted octanol–water partition coefficient (Wildman–Crippen LogP) is 3.63. The summed E-state index contributed by atoms with van der Waals surface area (Å²) in [5.74, 6) is 1.24. The van der Waals surface area contributed by atoms with Gasteiger partial charge in [0.2, 0.25) is 0 Å². The van der Waals surface area contributed by atoms with Crippen LogP contribution in [0.1, 0.15) is 54.4 Å². The molecule has 13 heavy (non-hydrogen) atoms. The molecule has 1 fully saturated rings. The molecule has 2 atom stereocenters. The Labute approximate surface area is 82.9 Å². The van der Waals surface area contributed by atoms with Crippen molar-refractivity contribution in [3.63, 3.8) is 0 Å². The van der Waals surface area contributed by atoms with Crippen LogP contribution in [-0.2, 0) is 4.74 Å². The van der Waals surface area contributed by atoms with E-state index in [4.69, 9.17) is 4.74 Å². The molecule has 1 aliphatic rings. The highest BCUT2D eigenvalue weighted by molar-refractivity contribution is 4.95. The summed E-state index contributed by atoms with van der Waals surface area (Å²) in [6.07, 6.45) is 2.42. The van der Waals surface area contributed by atoms with Crippen molar-refractivity contribution < 1.29 is 4.74 Å². The second-order valence-corrected chi connectivity index (χ2v) is 5.54. The zero-order chi connectivity index (χ0) is 10.3. The standard InChI is InChI=1S/C12H24O/c1-9(2)11(5)7-8-12(6,13-11)10(3)4/h9-10H,7-8H2,1-6H3/t11-,12+. The Bertz CT molecular complexity index is 166. The first kappa shape index (κ1) is 11.0. The summed E-state index contributed by atoms with van der Waals surface area (Å²) in [5, 5.41) is 0. The summed E-state index contributed by atoms with van der Waals surface area (Å²) in [4.78, 5) is 0. The highest BCUT2D eigenvalue weighted by atomic mass is 16.5. The molecule has 0 amide bonds. The van der Waals surface area contributed by atoms with Gasteiger partial charge in [-0.3, -0.25) is 0 Å². The highest BCUT2D eigenvalue weighted by Gasteiger charge is 2.46. The Balaban J connectivity index is 2.73. The molecule has 0 saturated carbocycles. The van der Waals surface area contributed by atoms with Crippen molar-refractivity contribution in [3.05, 3.63) is 0 Å². The van der Waals surface area contributed by atoms with Gasteiger partial charge in [-0.1, -0.05) is 27.7 Å². The van der Waals surface area contributed by atoms with Gasteiger partial charge in [-0.2, -0.15) is 0 Å². The van der Waals surface area contributed by atoms with Gasteiger partial charge in [0.05, 0.1) is 11.2 Å².